The number of rotatable bonds is 5. The maximum atomic E-state index is 12.5. The second-order valence-corrected chi connectivity index (χ2v) is 10.9. The van der Waals surface area contributed by atoms with Crippen LogP contribution in [0.3, 0.4) is 0 Å². The zero-order valence-electron chi connectivity index (χ0n) is 20.8. The van der Waals surface area contributed by atoms with Gasteiger partial charge in [-0.05, 0) is 56.1 Å². The van der Waals surface area contributed by atoms with E-state index in [1.807, 2.05) is 0 Å². The number of benzene rings is 2. The molecule has 7 atom stereocenters. The zero-order chi connectivity index (χ0) is 24.2. The molecule has 2 aliphatic heterocycles. The predicted octanol–water partition coefficient (Wildman–Crippen LogP) is 5.02. The fourth-order valence-electron chi connectivity index (χ4n) is 7.64. The molecule has 35 heavy (non-hydrogen) atoms. The topological polar surface area (TPSA) is 57.2 Å². The van der Waals surface area contributed by atoms with Gasteiger partial charge in [-0.2, -0.15) is 0 Å². The minimum absolute atomic E-state index is 0.0275. The average Bonchev–Trinajstić information content (AvgIpc) is 3.56. The SMILES string of the molecule is COC(=O)[C@H]1ON2O[C@H](O[C@@H]3CCCC3(c3ccccc3)c3ccccc3)[C@H](C)[C@@H]3CC[C@H]1[C@@]32C. The summed E-state index contributed by atoms with van der Waals surface area (Å²) in [5.41, 5.74) is 1.98. The van der Waals surface area contributed by atoms with E-state index in [9.17, 15) is 4.79 Å². The van der Waals surface area contributed by atoms with Crippen LogP contribution in [0.1, 0.15) is 57.1 Å². The number of hydrogen-bond donors (Lipinski definition) is 0. The van der Waals surface area contributed by atoms with Gasteiger partial charge in [-0.1, -0.05) is 72.8 Å². The van der Waals surface area contributed by atoms with Crippen LogP contribution in [0.4, 0.5) is 0 Å². The molecule has 6 heteroatoms. The molecule has 0 amide bonds. The van der Waals surface area contributed by atoms with Gasteiger partial charge in [-0.15, -0.1) is 0 Å². The Morgan fingerprint density at radius 1 is 0.943 bits per heavy atom. The minimum Gasteiger partial charge on any atom is -0.467 e. The van der Waals surface area contributed by atoms with E-state index in [1.165, 1.54) is 18.2 Å². The Labute approximate surface area is 207 Å². The van der Waals surface area contributed by atoms with Crippen LogP contribution < -0.4 is 0 Å². The second-order valence-electron chi connectivity index (χ2n) is 10.9. The Morgan fingerprint density at radius 3 is 2.20 bits per heavy atom. The third kappa shape index (κ3) is 3.34. The summed E-state index contributed by atoms with van der Waals surface area (Å²) in [6, 6.07) is 21.5. The molecular weight excluding hydrogens is 442 g/mol. The number of ether oxygens (including phenoxy) is 2. The van der Waals surface area contributed by atoms with Crippen molar-refractivity contribution in [2.45, 2.75) is 75.4 Å². The van der Waals surface area contributed by atoms with Crippen LogP contribution in [0.15, 0.2) is 60.7 Å². The van der Waals surface area contributed by atoms with Crippen LogP contribution in [-0.4, -0.2) is 42.3 Å². The molecule has 0 unspecified atom stereocenters. The van der Waals surface area contributed by atoms with Crippen molar-refractivity contribution in [3.05, 3.63) is 71.8 Å². The third-order valence-electron chi connectivity index (χ3n) is 9.42. The molecule has 0 N–H and O–H groups in total. The van der Waals surface area contributed by atoms with Gasteiger partial charge in [0.25, 0.3) is 0 Å². The maximum absolute atomic E-state index is 12.5. The summed E-state index contributed by atoms with van der Waals surface area (Å²) in [6.07, 6.45) is 3.92. The Morgan fingerprint density at radius 2 is 1.57 bits per heavy atom. The maximum Gasteiger partial charge on any atom is 0.337 e. The first kappa shape index (κ1) is 23.2. The number of methoxy groups -OCH3 is 1. The minimum atomic E-state index is -0.625. The highest BCUT2D eigenvalue weighted by atomic mass is 17.0. The van der Waals surface area contributed by atoms with Crippen molar-refractivity contribution in [2.75, 3.05) is 7.11 Å². The zero-order valence-corrected chi connectivity index (χ0v) is 20.8. The molecule has 0 bridgehead atoms. The van der Waals surface area contributed by atoms with Crippen molar-refractivity contribution in [1.29, 1.82) is 0 Å². The van der Waals surface area contributed by atoms with Crippen LogP contribution in [-0.2, 0) is 29.4 Å². The van der Waals surface area contributed by atoms with Crippen molar-refractivity contribution in [3.8, 4) is 0 Å². The van der Waals surface area contributed by atoms with E-state index in [1.54, 1.807) is 5.23 Å². The summed E-state index contributed by atoms with van der Waals surface area (Å²) in [5.74, 6) is 0.210. The van der Waals surface area contributed by atoms with Gasteiger partial charge >= 0.3 is 5.97 Å². The van der Waals surface area contributed by atoms with E-state index >= 15 is 0 Å². The molecular formula is C29H35NO5. The van der Waals surface area contributed by atoms with Gasteiger partial charge in [0.1, 0.15) is 0 Å². The van der Waals surface area contributed by atoms with Gasteiger partial charge in [-0.25, -0.2) is 9.63 Å². The van der Waals surface area contributed by atoms with E-state index in [-0.39, 0.29) is 34.9 Å². The second kappa shape index (κ2) is 8.70. The van der Waals surface area contributed by atoms with E-state index < -0.39 is 12.4 Å². The lowest BCUT2D eigenvalue weighted by Crippen LogP contribution is -2.59. The number of nitrogens with zero attached hydrogens (tertiary/aromatic N) is 1. The molecule has 6 rings (SSSR count). The number of esters is 1. The van der Waals surface area contributed by atoms with E-state index in [4.69, 9.17) is 19.1 Å². The van der Waals surface area contributed by atoms with E-state index in [0.717, 1.165) is 32.1 Å². The largest absolute Gasteiger partial charge is 0.467 e. The highest BCUT2D eigenvalue weighted by molar-refractivity contribution is 5.75. The normalized spacial score (nSPS) is 37.8. The predicted molar refractivity (Wildman–Crippen MR) is 130 cm³/mol. The Hall–Kier alpha value is -2.25. The lowest BCUT2D eigenvalue weighted by Gasteiger charge is -2.49. The fraction of sp³-hybridized carbons (Fsp3) is 0.552. The van der Waals surface area contributed by atoms with Crippen LogP contribution >= 0.6 is 0 Å². The number of hydrogen-bond acceptors (Lipinski definition) is 6. The number of hydroxylamine groups is 2. The van der Waals surface area contributed by atoms with Crippen molar-refractivity contribution in [3.63, 3.8) is 0 Å². The molecule has 6 nitrogen and oxygen atoms in total. The molecule has 2 aromatic carbocycles. The van der Waals surface area contributed by atoms with Gasteiger partial charge < -0.3 is 9.47 Å². The first-order valence-corrected chi connectivity index (χ1v) is 13.0. The molecule has 4 fully saturated rings. The van der Waals surface area contributed by atoms with Gasteiger partial charge in [-0.3, -0.25) is 4.84 Å². The Bertz CT molecular complexity index is 1020. The van der Waals surface area contributed by atoms with Crippen molar-refractivity contribution in [2.24, 2.45) is 17.8 Å². The lowest BCUT2D eigenvalue weighted by atomic mass is 9.71. The average molecular weight is 478 g/mol. The van der Waals surface area contributed by atoms with Crippen molar-refractivity contribution in [1.82, 2.24) is 5.23 Å². The van der Waals surface area contributed by atoms with Crippen LogP contribution in [0, 0.1) is 17.8 Å². The monoisotopic (exact) mass is 477 g/mol. The Balaban J connectivity index is 1.32. The van der Waals surface area contributed by atoms with Crippen LogP contribution in [0.25, 0.3) is 0 Å². The molecule has 2 heterocycles. The first-order valence-electron chi connectivity index (χ1n) is 13.0. The molecule has 0 radical (unpaired) electrons. The molecule has 2 saturated carbocycles. The molecule has 0 aromatic heterocycles. The van der Waals surface area contributed by atoms with Crippen molar-refractivity contribution >= 4 is 5.97 Å². The molecule has 4 aliphatic rings. The smallest absolute Gasteiger partial charge is 0.337 e. The number of carbonyl (C=O) groups excluding carboxylic acids is 1. The Kier molecular flexibility index (Phi) is 5.76. The third-order valence-corrected chi connectivity index (χ3v) is 9.42. The molecule has 2 aromatic rings. The van der Waals surface area contributed by atoms with E-state index in [0.29, 0.717) is 5.92 Å². The summed E-state index contributed by atoms with van der Waals surface area (Å²) < 4.78 is 12.0. The highest BCUT2D eigenvalue weighted by Crippen LogP contribution is 2.59. The molecule has 2 aliphatic carbocycles. The van der Waals surface area contributed by atoms with Gasteiger partial charge in [0, 0.05) is 17.3 Å². The van der Waals surface area contributed by atoms with Gasteiger partial charge in [0.05, 0.1) is 18.8 Å². The van der Waals surface area contributed by atoms with Crippen LogP contribution in [0.5, 0.6) is 0 Å². The molecule has 2 saturated heterocycles. The summed E-state index contributed by atoms with van der Waals surface area (Å²) in [4.78, 5) is 25.0. The highest BCUT2D eigenvalue weighted by Gasteiger charge is 2.68. The lowest BCUT2D eigenvalue weighted by molar-refractivity contribution is -0.473. The standard InChI is InChI=1S/C29H35NO5/c1-19-22-16-17-23-25(26(31)32-3)34-30(28(22,23)2)35-27(19)33-24-15-10-18-29(24,20-11-6-4-7-12-20)21-13-8-5-9-14-21/h4-9,11-14,19,22-25,27H,10,15-18H2,1-3H3/t19-,22+,23-,24-,25+,27+,28-/m1/s1. The molecule has 0 spiro atoms. The molecule has 186 valence electrons. The summed E-state index contributed by atoms with van der Waals surface area (Å²) >= 11 is 0. The summed E-state index contributed by atoms with van der Waals surface area (Å²) in [5, 5.41) is 1.60. The van der Waals surface area contributed by atoms with Gasteiger partial charge in [0.2, 0.25) is 0 Å². The van der Waals surface area contributed by atoms with Gasteiger partial charge in [0.15, 0.2) is 12.4 Å². The fourth-order valence-corrected chi connectivity index (χ4v) is 7.64. The quantitative estimate of drug-likeness (QED) is 0.564. The summed E-state index contributed by atoms with van der Waals surface area (Å²) in [7, 11) is 1.42. The summed E-state index contributed by atoms with van der Waals surface area (Å²) in [6.45, 7) is 4.40. The number of carbonyl (C=O) groups is 1. The van der Waals surface area contributed by atoms with Crippen LogP contribution in [0.2, 0.25) is 0 Å². The first-order chi connectivity index (χ1) is 17.0. The van der Waals surface area contributed by atoms with Crippen molar-refractivity contribution < 1.29 is 23.9 Å². The van der Waals surface area contributed by atoms with E-state index in [2.05, 4.69) is 74.5 Å².